The molecule has 4 rings (SSSR count). The fraction of sp³-hybridized carbons (Fsp3) is 0.542. The van der Waals surface area contributed by atoms with E-state index in [9.17, 15) is 9.59 Å². The molecular weight excluding hydrogens is 392 g/mol. The van der Waals surface area contributed by atoms with Crippen molar-refractivity contribution < 1.29 is 9.53 Å². The molecule has 2 aromatic heterocycles. The van der Waals surface area contributed by atoms with Gasteiger partial charge in [-0.1, -0.05) is 6.07 Å². The number of ether oxygens (including phenoxy) is 1. The van der Waals surface area contributed by atoms with E-state index in [1.165, 1.54) is 5.56 Å². The van der Waals surface area contributed by atoms with E-state index in [4.69, 9.17) is 4.74 Å². The highest BCUT2D eigenvalue weighted by molar-refractivity contribution is 5.77. The third kappa shape index (κ3) is 4.72. The van der Waals surface area contributed by atoms with Gasteiger partial charge in [0.15, 0.2) is 0 Å². The lowest BCUT2D eigenvalue weighted by Gasteiger charge is -2.43. The molecule has 1 fully saturated rings. The maximum absolute atomic E-state index is 13.3. The first-order chi connectivity index (χ1) is 14.8. The molecule has 2 aromatic rings. The minimum Gasteiger partial charge on any atom is -0.375 e. The lowest BCUT2D eigenvalue weighted by atomic mass is 9.83. The van der Waals surface area contributed by atoms with Crippen molar-refractivity contribution in [3.05, 3.63) is 62.8 Å². The van der Waals surface area contributed by atoms with Gasteiger partial charge in [-0.05, 0) is 57.0 Å². The topological polar surface area (TPSA) is 67.7 Å². The summed E-state index contributed by atoms with van der Waals surface area (Å²) in [6.45, 7) is 7.53. The Bertz CT molecular complexity index is 1010. The van der Waals surface area contributed by atoms with Crippen LogP contribution in [0.4, 0.5) is 0 Å². The van der Waals surface area contributed by atoms with Crippen molar-refractivity contribution in [2.75, 3.05) is 33.9 Å². The molecule has 7 nitrogen and oxygen atoms in total. The zero-order valence-electron chi connectivity index (χ0n) is 18.9. The number of aryl methyl sites for hydroxylation is 2. The fourth-order valence-electron chi connectivity index (χ4n) is 5.16. The Balaban J connectivity index is 1.50. The largest absolute Gasteiger partial charge is 0.375 e. The summed E-state index contributed by atoms with van der Waals surface area (Å²) in [5.74, 6) is 0.565. The van der Waals surface area contributed by atoms with Crippen molar-refractivity contribution in [3.63, 3.8) is 0 Å². The number of piperidine rings is 1. The fourth-order valence-corrected chi connectivity index (χ4v) is 5.16. The average Bonchev–Trinajstić information content (AvgIpc) is 2.69. The lowest BCUT2D eigenvalue weighted by molar-refractivity contribution is -0.137. The first kappa shape index (κ1) is 21.7. The Kier molecular flexibility index (Phi) is 6.25. The van der Waals surface area contributed by atoms with E-state index in [1.54, 1.807) is 7.11 Å². The molecule has 0 unspecified atom stereocenters. The Hall–Kier alpha value is -2.51. The van der Waals surface area contributed by atoms with Gasteiger partial charge in [-0.3, -0.25) is 19.5 Å². The van der Waals surface area contributed by atoms with Crippen LogP contribution in [0.25, 0.3) is 0 Å². The number of rotatable bonds is 6. The van der Waals surface area contributed by atoms with E-state index in [0.29, 0.717) is 38.6 Å². The number of nitrogens with zero attached hydrogens (tertiary/aromatic N) is 4. The third-order valence-corrected chi connectivity index (χ3v) is 6.33. The minimum absolute atomic E-state index is 0.0336. The maximum atomic E-state index is 13.3. The number of fused-ring (bicyclic) bond motifs is 4. The minimum atomic E-state index is 0.0336. The van der Waals surface area contributed by atoms with Gasteiger partial charge in [0.1, 0.15) is 6.61 Å². The smallest absolute Gasteiger partial charge is 0.255 e. The maximum Gasteiger partial charge on any atom is 0.255 e. The van der Waals surface area contributed by atoms with Gasteiger partial charge >= 0.3 is 0 Å². The number of aromatic nitrogens is 2. The van der Waals surface area contributed by atoms with Gasteiger partial charge in [-0.2, -0.15) is 0 Å². The summed E-state index contributed by atoms with van der Waals surface area (Å²) in [5, 5.41) is 0. The second-order valence-corrected chi connectivity index (χ2v) is 9.18. The molecular formula is C24H32N4O3. The molecule has 2 aliphatic rings. The molecule has 31 heavy (non-hydrogen) atoms. The van der Waals surface area contributed by atoms with Crippen molar-refractivity contribution in [3.8, 4) is 0 Å². The van der Waals surface area contributed by atoms with Crippen molar-refractivity contribution in [2.45, 2.75) is 45.8 Å². The molecule has 0 saturated carbocycles. The van der Waals surface area contributed by atoms with Gasteiger partial charge in [-0.25, -0.2) is 0 Å². The number of hydrogen-bond donors (Lipinski definition) is 0. The van der Waals surface area contributed by atoms with E-state index in [0.717, 1.165) is 29.1 Å². The quantitative estimate of drug-likeness (QED) is 0.710. The summed E-state index contributed by atoms with van der Waals surface area (Å²) >= 11 is 0. The van der Waals surface area contributed by atoms with Crippen LogP contribution in [0.3, 0.4) is 0 Å². The number of carbonyl (C=O) groups excluding carboxylic acids is 1. The van der Waals surface area contributed by atoms with E-state index in [-0.39, 0.29) is 24.0 Å². The summed E-state index contributed by atoms with van der Waals surface area (Å²) in [6.07, 6.45) is 1.04. The second kappa shape index (κ2) is 8.93. The Morgan fingerprint density at radius 1 is 1.19 bits per heavy atom. The van der Waals surface area contributed by atoms with Gasteiger partial charge in [0, 0.05) is 62.7 Å². The first-order valence-electron chi connectivity index (χ1n) is 11.0. The van der Waals surface area contributed by atoms with Crippen molar-refractivity contribution in [1.82, 2.24) is 19.4 Å². The third-order valence-electron chi connectivity index (χ3n) is 6.33. The van der Waals surface area contributed by atoms with Crippen molar-refractivity contribution in [1.29, 1.82) is 0 Å². The number of hydrogen-bond acceptors (Lipinski definition) is 5. The van der Waals surface area contributed by atoms with Crippen molar-refractivity contribution >= 4 is 5.91 Å². The van der Waals surface area contributed by atoms with Crippen LogP contribution in [0.15, 0.2) is 29.1 Å². The molecule has 0 radical (unpaired) electrons. The normalized spacial score (nSPS) is 20.1. The number of pyridine rings is 2. The zero-order valence-corrected chi connectivity index (χ0v) is 18.9. The van der Waals surface area contributed by atoms with Crippen molar-refractivity contribution in [2.24, 2.45) is 5.92 Å². The molecule has 0 aromatic carbocycles. The molecule has 1 amide bonds. The monoisotopic (exact) mass is 424 g/mol. The first-order valence-corrected chi connectivity index (χ1v) is 11.0. The highest BCUT2D eigenvalue weighted by Gasteiger charge is 2.36. The molecule has 4 heterocycles. The number of likely N-dealkylation sites (tertiary alicyclic amines) is 1. The van der Waals surface area contributed by atoms with Gasteiger partial charge < -0.3 is 14.2 Å². The predicted octanol–water partition coefficient (Wildman–Crippen LogP) is 2.08. The highest BCUT2D eigenvalue weighted by Crippen LogP contribution is 2.35. The molecule has 2 aliphatic heterocycles. The number of carbonyl (C=O) groups is 1. The van der Waals surface area contributed by atoms with Crippen LogP contribution in [0.5, 0.6) is 0 Å². The van der Waals surface area contributed by atoms with Crippen LogP contribution in [-0.2, 0) is 29.2 Å². The molecule has 1 saturated heterocycles. The number of amides is 1. The van der Waals surface area contributed by atoms with E-state index < -0.39 is 0 Å². The Labute approximate surface area is 183 Å². The highest BCUT2D eigenvalue weighted by atomic mass is 16.5. The summed E-state index contributed by atoms with van der Waals surface area (Å²) in [5.41, 5.74) is 5.20. The molecule has 0 aliphatic carbocycles. The summed E-state index contributed by atoms with van der Waals surface area (Å²) in [7, 11) is 3.57. The lowest BCUT2D eigenvalue weighted by Crippen LogP contribution is -2.50. The van der Waals surface area contributed by atoms with E-state index >= 15 is 0 Å². The van der Waals surface area contributed by atoms with E-state index in [1.807, 2.05) is 29.5 Å². The van der Waals surface area contributed by atoms with Crippen LogP contribution in [0.2, 0.25) is 0 Å². The Morgan fingerprint density at radius 3 is 2.74 bits per heavy atom. The second-order valence-electron chi connectivity index (χ2n) is 9.18. The molecule has 166 valence electrons. The predicted molar refractivity (Wildman–Crippen MR) is 119 cm³/mol. The number of methoxy groups -OCH3 is 1. The molecule has 2 atom stereocenters. The van der Waals surface area contributed by atoms with Gasteiger partial charge in [0.05, 0.1) is 5.69 Å². The summed E-state index contributed by atoms with van der Waals surface area (Å²) in [4.78, 5) is 34.2. The van der Waals surface area contributed by atoms with Crippen LogP contribution in [-0.4, -0.2) is 59.1 Å². The van der Waals surface area contributed by atoms with E-state index in [2.05, 4.69) is 35.0 Å². The SMILES string of the molecule is COCC(=O)N1C[C@@H]2C[C@H](C1)c1ccc(CN(C)Cc3cc(C)cc(C)n3)c(=O)n1C2. The molecule has 7 heteroatoms. The van der Waals surface area contributed by atoms with Crippen LogP contribution < -0.4 is 5.56 Å². The Morgan fingerprint density at radius 2 is 2.00 bits per heavy atom. The van der Waals surface area contributed by atoms with Crippen LogP contribution in [0, 0.1) is 19.8 Å². The van der Waals surface area contributed by atoms with Gasteiger partial charge in [-0.15, -0.1) is 0 Å². The zero-order chi connectivity index (χ0) is 22.1. The van der Waals surface area contributed by atoms with Gasteiger partial charge in [0.25, 0.3) is 5.56 Å². The standard InChI is InChI=1S/C24H32N4O3/c1-16-7-17(2)25-21(8-16)14-26(3)12-19-5-6-22-20-9-18(11-28(22)24(19)30)10-27(13-20)23(29)15-31-4/h5-8,18,20H,9-15H2,1-4H3/t18-,20+/m0/s1. The van der Waals surface area contributed by atoms with Gasteiger partial charge in [0.2, 0.25) is 5.91 Å². The molecule has 0 spiro atoms. The van der Waals surface area contributed by atoms with Crippen LogP contribution in [0.1, 0.15) is 40.5 Å². The average molecular weight is 425 g/mol. The summed E-state index contributed by atoms with van der Waals surface area (Å²) in [6, 6.07) is 8.22. The summed E-state index contributed by atoms with van der Waals surface area (Å²) < 4.78 is 6.97. The molecule has 2 bridgehead atoms. The van der Waals surface area contributed by atoms with Crippen LogP contribution >= 0.6 is 0 Å². The molecule has 0 N–H and O–H groups in total.